The van der Waals surface area contributed by atoms with Crippen molar-refractivity contribution in [2.24, 2.45) is 5.73 Å². The van der Waals surface area contributed by atoms with Crippen LogP contribution in [0.5, 0.6) is 11.5 Å². The number of carbonyl (C=O) groups is 1. The molecule has 184 valence electrons. The fourth-order valence-electron chi connectivity index (χ4n) is 3.37. The van der Waals surface area contributed by atoms with E-state index in [9.17, 15) is 9.90 Å². The third-order valence-corrected chi connectivity index (χ3v) is 5.33. The number of aliphatic hydroxyl groups excluding tert-OH is 1. The van der Waals surface area contributed by atoms with Crippen LogP contribution in [0, 0.1) is 0 Å². The van der Waals surface area contributed by atoms with Crippen LogP contribution >= 0.6 is 0 Å². The molecule has 0 bridgehead atoms. The summed E-state index contributed by atoms with van der Waals surface area (Å²) in [6, 6.07) is 13.7. The number of ether oxygens (including phenoxy) is 2. The molecular weight excluding hydrogens is 460 g/mol. The van der Waals surface area contributed by atoms with Gasteiger partial charge in [0.1, 0.15) is 5.76 Å². The normalized spacial score (nSPS) is 11.5. The second-order valence-corrected chi connectivity index (χ2v) is 7.85. The Morgan fingerprint density at radius 1 is 1.11 bits per heavy atom. The van der Waals surface area contributed by atoms with E-state index >= 15 is 0 Å². The van der Waals surface area contributed by atoms with Crippen molar-refractivity contribution in [2.45, 2.75) is 12.5 Å². The van der Waals surface area contributed by atoms with Crippen LogP contribution in [0.2, 0.25) is 0 Å². The highest BCUT2D eigenvalue weighted by atomic mass is 16.5. The lowest BCUT2D eigenvalue weighted by atomic mass is 10.1. The average Bonchev–Trinajstić information content (AvgIpc) is 2.90. The molecule has 36 heavy (non-hydrogen) atoms. The number of hydrogen-bond donors (Lipinski definition) is 4. The van der Waals surface area contributed by atoms with Crippen molar-refractivity contribution in [3.05, 3.63) is 85.0 Å². The zero-order valence-corrected chi connectivity index (χ0v) is 19.6. The molecule has 0 saturated carbocycles. The first kappa shape index (κ1) is 24.4. The highest BCUT2D eigenvalue weighted by Gasteiger charge is 2.13. The predicted octanol–water partition coefficient (Wildman–Crippen LogP) is 4.20. The second-order valence-electron chi connectivity index (χ2n) is 7.85. The van der Waals surface area contributed by atoms with Crippen LogP contribution in [-0.2, 0) is 0 Å². The lowest BCUT2D eigenvalue weighted by Gasteiger charge is -2.15. The Labute approximate surface area is 207 Å². The Morgan fingerprint density at radius 2 is 1.86 bits per heavy atom. The molecule has 0 unspecified atom stereocenters. The van der Waals surface area contributed by atoms with Gasteiger partial charge in [0.25, 0.3) is 5.91 Å². The van der Waals surface area contributed by atoms with Crippen molar-refractivity contribution in [2.75, 3.05) is 24.4 Å². The van der Waals surface area contributed by atoms with E-state index in [1.807, 2.05) is 18.2 Å². The van der Waals surface area contributed by atoms with Gasteiger partial charge in [-0.2, -0.15) is 0 Å². The summed E-state index contributed by atoms with van der Waals surface area (Å²) in [6.45, 7) is 3.70. The number of anilines is 3. The Kier molecular flexibility index (Phi) is 7.57. The van der Waals surface area contributed by atoms with Gasteiger partial charge in [0.2, 0.25) is 5.95 Å². The molecule has 0 saturated heterocycles. The maximum absolute atomic E-state index is 12.3. The van der Waals surface area contributed by atoms with Gasteiger partial charge in [-0.1, -0.05) is 24.8 Å². The maximum atomic E-state index is 12.3. The largest absolute Gasteiger partial charge is 0.511 e. The van der Waals surface area contributed by atoms with Gasteiger partial charge in [0.05, 0.1) is 43.4 Å². The van der Waals surface area contributed by atoms with Gasteiger partial charge < -0.3 is 25.6 Å². The van der Waals surface area contributed by atoms with Gasteiger partial charge in [0.15, 0.2) is 11.5 Å². The van der Waals surface area contributed by atoms with E-state index in [1.165, 1.54) is 0 Å². The molecule has 2 heterocycles. The molecular formula is C26H26N6O4. The maximum Gasteiger partial charge on any atom is 0.258 e. The molecule has 4 aromatic rings. The summed E-state index contributed by atoms with van der Waals surface area (Å²) in [6.07, 6.45) is 5.22. The molecule has 1 atom stereocenters. The monoisotopic (exact) mass is 486 g/mol. The first-order valence-corrected chi connectivity index (χ1v) is 11.1. The van der Waals surface area contributed by atoms with Crippen LogP contribution in [0.25, 0.3) is 10.9 Å². The number of aliphatic hydroxyl groups is 1. The fraction of sp³-hybridized carbons (Fsp3) is 0.154. The molecule has 1 amide bonds. The van der Waals surface area contributed by atoms with Crippen LogP contribution in [0.4, 0.5) is 17.3 Å². The molecule has 0 aliphatic rings. The van der Waals surface area contributed by atoms with Crippen molar-refractivity contribution in [1.29, 1.82) is 0 Å². The van der Waals surface area contributed by atoms with Crippen molar-refractivity contribution < 1.29 is 19.4 Å². The summed E-state index contributed by atoms with van der Waals surface area (Å²) in [4.78, 5) is 25.2. The first-order chi connectivity index (χ1) is 17.4. The van der Waals surface area contributed by atoms with Gasteiger partial charge in [-0.25, -0.2) is 9.97 Å². The number of benzene rings is 2. The second kappa shape index (κ2) is 11.2. The summed E-state index contributed by atoms with van der Waals surface area (Å²) in [5, 5.41) is 16.1. The van der Waals surface area contributed by atoms with Gasteiger partial charge >= 0.3 is 0 Å². The number of aromatic nitrogens is 3. The van der Waals surface area contributed by atoms with Crippen LogP contribution in [0.15, 0.2) is 79.5 Å². The topological polar surface area (TPSA) is 145 Å². The Balaban J connectivity index is 1.48. The molecule has 0 radical (unpaired) electrons. The van der Waals surface area contributed by atoms with Crippen molar-refractivity contribution >= 4 is 34.1 Å². The highest BCUT2D eigenvalue weighted by Crippen LogP contribution is 2.35. The number of rotatable bonds is 10. The Morgan fingerprint density at radius 3 is 2.56 bits per heavy atom. The van der Waals surface area contributed by atoms with Crippen LogP contribution in [0.1, 0.15) is 16.8 Å². The molecule has 2 aromatic heterocycles. The minimum Gasteiger partial charge on any atom is -0.511 e. The van der Waals surface area contributed by atoms with E-state index in [2.05, 4.69) is 32.2 Å². The lowest BCUT2D eigenvalue weighted by molar-refractivity contribution is 0.102. The van der Waals surface area contributed by atoms with Crippen molar-refractivity contribution in [1.82, 2.24) is 15.0 Å². The molecule has 0 aliphatic carbocycles. The van der Waals surface area contributed by atoms with E-state index in [1.54, 1.807) is 56.0 Å². The molecule has 0 aliphatic heterocycles. The Hall–Kier alpha value is -4.70. The van der Waals surface area contributed by atoms with E-state index in [4.69, 9.17) is 15.2 Å². The van der Waals surface area contributed by atoms with Gasteiger partial charge in [-0.05, 0) is 24.3 Å². The quantitative estimate of drug-likeness (QED) is 0.242. The summed E-state index contributed by atoms with van der Waals surface area (Å²) in [5.74, 6) is 0.848. The highest BCUT2D eigenvalue weighted by molar-refractivity contribution is 6.03. The smallest absolute Gasteiger partial charge is 0.258 e. The van der Waals surface area contributed by atoms with Crippen LogP contribution in [0.3, 0.4) is 0 Å². The number of carbonyl (C=O) groups excluding carboxylic acids is 1. The fourth-order valence-corrected chi connectivity index (χ4v) is 3.37. The summed E-state index contributed by atoms with van der Waals surface area (Å²) in [7, 11) is 1.55. The number of hydrogen-bond acceptors (Lipinski definition) is 9. The van der Waals surface area contributed by atoms with Crippen molar-refractivity contribution in [3.63, 3.8) is 0 Å². The summed E-state index contributed by atoms with van der Waals surface area (Å²) >= 11 is 0. The molecule has 10 heteroatoms. The van der Waals surface area contributed by atoms with E-state index < -0.39 is 6.04 Å². The van der Waals surface area contributed by atoms with Gasteiger partial charge in [-0.15, -0.1) is 0 Å². The molecule has 2 aromatic carbocycles. The van der Waals surface area contributed by atoms with E-state index in [0.717, 1.165) is 11.1 Å². The standard InChI is InChI=1S/C26H26N6O4/c1-16(33)20(27)9-11-36-24-13-22-19(12-23(24)35-2)21(8-10-28-22)31-18-14-29-26(30-15-18)32-25(34)17-6-4-3-5-7-17/h3-8,10,12-15,20,33H,1,9,11,27H2,2H3,(H,28,31)(H,29,30,32,34)/t20-/m0/s1. The minimum absolute atomic E-state index is 0.0861. The van der Waals surface area contributed by atoms with Crippen molar-refractivity contribution in [3.8, 4) is 11.5 Å². The number of nitrogens with zero attached hydrogens (tertiary/aromatic N) is 3. The zero-order chi connectivity index (χ0) is 25.5. The SMILES string of the molecule is C=C(O)[C@@H](N)CCOc1cc2nccc(Nc3cnc(NC(=O)c4ccccc4)nc3)c2cc1OC. The average molecular weight is 487 g/mol. The first-order valence-electron chi connectivity index (χ1n) is 11.1. The minimum atomic E-state index is -0.564. The van der Waals surface area contributed by atoms with E-state index in [-0.39, 0.29) is 24.2 Å². The zero-order valence-electron chi connectivity index (χ0n) is 19.6. The number of amides is 1. The number of methoxy groups -OCH3 is 1. The lowest BCUT2D eigenvalue weighted by Crippen LogP contribution is -2.24. The summed E-state index contributed by atoms with van der Waals surface area (Å²) < 4.78 is 11.3. The Bertz CT molecular complexity index is 1360. The third kappa shape index (κ3) is 5.86. The molecule has 10 nitrogen and oxygen atoms in total. The molecule has 5 N–H and O–H groups in total. The molecule has 0 spiro atoms. The summed E-state index contributed by atoms with van der Waals surface area (Å²) in [5.41, 5.74) is 8.36. The number of nitrogens with two attached hydrogens (primary N) is 1. The predicted molar refractivity (Wildman–Crippen MR) is 138 cm³/mol. The number of fused-ring (bicyclic) bond motifs is 1. The third-order valence-electron chi connectivity index (χ3n) is 5.33. The van der Waals surface area contributed by atoms with Crippen LogP contribution < -0.4 is 25.8 Å². The van der Waals surface area contributed by atoms with Gasteiger partial charge in [-0.3, -0.25) is 15.1 Å². The molecule has 0 fully saturated rings. The van der Waals surface area contributed by atoms with Gasteiger partial charge in [0, 0.05) is 35.3 Å². The van der Waals surface area contributed by atoms with E-state index in [0.29, 0.717) is 34.7 Å². The molecule has 4 rings (SSSR count). The number of nitrogens with one attached hydrogen (secondary N) is 2. The van der Waals surface area contributed by atoms with Crippen LogP contribution in [-0.4, -0.2) is 45.7 Å². The number of pyridine rings is 1.